The first kappa shape index (κ1) is 19.4. The van der Waals surface area contributed by atoms with Crippen LogP contribution in [0, 0.1) is 0 Å². The highest BCUT2D eigenvalue weighted by Crippen LogP contribution is 2.20. The molecule has 0 bridgehead atoms. The molecule has 2 aromatic heterocycles. The van der Waals surface area contributed by atoms with Gasteiger partial charge in [0.25, 0.3) is 11.9 Å². The number of piperazine rings is 1. The lowest BCUT2D eigenvalue weighted by molar-refractivity contribution is 0.0912. The Morgan fingerprint density at radius 3 is 2.90 bits per heavy atom. The van der Waals surface area contributed by atoms with Crippen molar-refractivity contribution in [2.45, 2.75) is 19.4 Å². The molecule has 3 heterocycles. The minimum absolute atomic E-state index is 0.0560. The lowest BCUT2D eigenvalue weighted by Crippen LogP contribution is -2.47. The third kappa shape index (κ3) is 4.42. The van der Waals surface area contributed by atoms with Gasteiger partial charge in [-0.2, -0.15) is 0 Å². The second-order valence-corrected chi connectivity index (χ2v) is 7.46. The Labute approximate surface area is 168 Å². The quantitative estimate of drug-likeness (QED) is 0.639. The van der Waals surface area contributed by atoms with Gasteiger partial charge in [0.1, 0.15) is 6.67 Å². The van der Waals surface area contributed by atoms with Crippen LogP contribution in [0.25, 0.3) is 10.9 Å². The highest BCUT2D eigenvalue weighted by Gasteiger charge is 2.22. The van der Waals surface area contributed by atoms with Gasteiger partial charge < -0.3 is 19.6 Å². The van der Waals surface area contributed by atoms with E-state index in [2.05, 4.69) is 26.3 Å². The molecule has 1 aliphatic heterocycles. The topological polar surface area (TPSA) is 77.4 Å². The number of para-hydroxylation sites is 1. The minimum Gasteiger partial charge on any atom is -0.418 e. The first-order valence-electron chi connectivity index (χ1n) is 9.99. The molecule has 0 saturated carbocycles. The summed E-state index contributed by atoms with van der Waals surface area (Å²) in [7, 11) is 0. The Hall–Kier alpha value is -2.87. The largest absolute Gasteiger partial charge is 0.418 e. The fraction of sp³-hybridized carbons (Fsp3) is 0.429. The molecular weight excluding hydrogens is 373 g/mol. The summed E-state index contributed by atoms with van der Waals surface area (Å²) in [5, 5.41) is 4.15. The molecule has 154 valence electrons. The number of anilines is 1. The third-order valence-electron chi connectivity index (χ3n) is 5.34. The summed E-state index contributed by atoms with van der Waals surface area (Å²) in [5.74, 6) is -0.0656. The van der Waals surface area contributed by atoms with Crippen molar-refractivity contribution in [2.24, 2.45) is 0 Å². The summed E-state index contributed by atoms with van der Waals surface area (Å²) >= 11 is 0. The molecular formula is C21H26FN5O2. The zero-order valence-corrected chi connectivity index (χ0v) is 16.5. The predicted octanol–water partition coefficient (Wildman–Crippen LogP) is 2.61. The van der Waals surface area contributed by atoms with Crippen molar-refractivity contribution in [3.8, 4) is 0 Å². The lowest BCUT2D eigenvalue weighted by Gasteiger charge is -2.33. The molecule has 0 spiro atoms. The van der Waals surface area contributed by atoms with E-state index >= 15 is 0 Å². The van der Waals surface area contributed by atoms with Crippen LogP contribution in [0.4, 0.5) is 10.4 Å². The molecule has 0 radical (unpaired) electrons. The van der Waals surface area contributed by atoms with Gasteiger partial charge >= 0.3 is 0 Å². The van der Waals surface area contributed by atoms with E-state index in [0.29, 0.717) is 32.1 Å². The Morgan fingerprint density at radius 1 is 1.31 bits per heavy atom. The number of carbonyl (C=O) groups is 1. The molecule has 0 aliphatic carbocycles. The number of fused-ring (bicyclic) bond motifs is 1. The first-order valence-corrected chi connectivity index (χ1v) is 9.99. The number of carbonyl (C=O) groups excluding carboxylic acids is 1. The maximum Gasteiger partial charge on any atom is 0.298 e. The summed E-state index contributed by atoms with van der Waals surface area (Å²) < 4.78 is 18.1. The number of nitrogens with one attached hydrogen (secondary N) is 2. The minimum atomic E-state index is -0.333. The molecule has 29 heavy (non-hydrogen) atoms. The average Bonchev–Trinajstić information content (AvgIpc) is 3.37. The number of benzene rings is 1. The predicted molar refractivity (Wildman–Crippen MR) is 110 cm³/mol. The Bertz CT molecular complexity index is 961. The smallest absolute Gasteiger partial charge is 0.298 e. The number of aromatic amines is 1. The van der Waals surface area contributed by atoms with E-state index in [1.807, 2.05) is 36.2 Å². The molecule has 7 nitrogen and oxygen atoms in total. The summed E-state index contributed by atoms with van der Waals surface area (Å²) in [4.78, 5) is 24.1. The summed E-state index contributed by atoms with van der Waals surface area (Å²) in [6.45, 7) is 5.03. The molecule has 8 heteroatoms. The first-order chi connectivity index (χ1) is 14.1. The van der Waals surface area contributed by atoms with Gasteiger partial charge in [-0.25, -0.2) is 9.37 Å². The van der Waals surface area contributed by atoms with Gasteiger partial charge in [0, 0.05) is 55.9 Å². The number of hydrogen-bond acceptors (Lipinski definition) is 5. The Morgan fingerprint density at radius 2 is 2.10 bits per heavy atom. The molecule has 2 N–H and O–H groups in total. The summed E-state index contributed by atoms with van der Waals surface area (Å²) in [6, 6.07) is 8.51. The number of halogens is 1. The molecule has 4 rings (SSSR count). The zero-order chi connectivity index (χ0) is 20.2. The standard InChI is InChI=1S/C21H26FN5O2/c1-15(12-16-13-23-18-5-3-2-4-17(16)18)25-20(28)19-14-24-21(29-19)27-10-8-26(7-6-22)9-11-27/h2-5,13-15,23H,6-12H2,1H3,(H,25,28). The van der Waals surface area contributed by atoms with Crippen molar-refractivity contribution in [3.63, 3.8) is 0 Å². The fourth-order valence-electron chi connectivity index (χ4n) is 3.77. The van der Waals surface area contributed by atoms with Gasteiger partial charge in [0.2, 0.25) is 5.76 Å². The van der Waals surface area contributed by atoms with Gasteiger partial charge in [0.15, 0.2) is 0 Å². The van der Waals surface area contributed by atoms with Crippen LogP contribution in [-0.2, 0) is 6.42 Å². The molecule has 1 saturated heterocycles. The van der Waals surface area contributed by atoms with E-state index < -0.39 is 0 Å². The van der Waals surface area contributed by atoms with Crippen LogP contribution >= 0.6 is 0 Å². The van der Waals surface area contributed by atoms with E-state index in [9.17, 15) is 9.18 Å². The Balaban J connectivity index is 1.33. The van der Waals surface area contributed by atoms with E-state index in [0.717, 1.165) is 24.2 Å². The number of amides is 1. The highest BCUT2D eigenvalue weighted by molar-refractivity contribution is 5.91. The second kappa shape index (κ2) is 8.65. The van der Waals surface area contributed by atoms with E-state index in [-0.39, 0.29) is 24.4 Å². The number of nitrogens with zero attached hydrogens (tertiary/aromatic N) is 3. The molecule has 1 unspecified atom stereocenters. The monoisotopic (exact) mass is 399 g/mol. The van der Waals surface area contributed by atoms with Gasteiger partial charge in [-0.1, -0.05) is 18.2 Å². The summed E-state index contributed by atoms with van der Waals surface area (Å²) in [5.41, 5.74) is 2.25. The van der Waals surface area contributed by atoms with Crippen molar-refractivity contribution in [1.82, 2.24) is 20.2 Å². The SMILES string of the molecule is CC(Cc1c[nH]c2ccccc12)NC(=O)c1cnc(N2CCN(CCF)CC2)o1. The zero-order valence-electron chi connectivity index (χ0n) is 16.5. The molecule has 1 atom stereocenters. The van der Waals surface area contributed by atoms with Crippen LogP contribution in [-0.4, -0.2) is 66.2 Å². The lowest BCUT2D eigenvalue weighted by atomic mass is 10.1. The normalized spacial score (nSPS) is 16.3. The highest BCUT2D eigenvalue weighted by atomic mass is 19.1. The number of aromatic nitrogens is 2. The van der Waals surface area contributed by atoms with Crippen molar-refractivity contribution < 1.29 is 13.6 Å². The van der Waals surface area contributed by atoms with Gasteiger partial charge in [0.05, 0.1) is 6.20 Å². The van der Waals surface area contributed by atoms with Crippen LogP contribution in [0.1, 0.15) is 23.0 Å². The molecule has 3 aromatic rings. The molecule has 1 amide bonds. The third-order valence-corrected chi connectivity index (χ3v) is 5.34. The maximum atomic E-state index is 12.6. The van der Waals surface area contributed by atoms with Crippen LogP contribution in [0.5, 0.6) is 0 Å². The van der Waals surface area contributed by atoms with Crippen molar-refractivity contribution in [3.05, 3.63) is 48.0 Å². The molecule has 1 aliphatic rings. The molecule has 1 fully saturated rings. The van der Waals surface area contributed by atoms with Crippen molar-refractivity contribution in [1.29, 1.82) is 0 Å². The summed E-state index contributed by atoms with van der Waals surface area (Å²) in [6.07, 6.45) is 4.17. The van der Waals surface area contributed by atoms with Gasteiger partial charge in [-0.3, -0.25) is 9.69 Å². The van der Waals surface area contributed by atoms with Gasteiger partial charge in [-0.05, 0) is 25.0 Å². The van der Waals surface area contributed by atoms with Crippen molar-refractivity contribution >= 4 is 22.8 Å². The number of oxazole rings is 1. The van der Waals surface area contributed by atoms with Crippen LogP contribution in [0.2, 0.25) is 0 Å². The van der Waals surface area contributed by atoms with Crippen LogP contribution in [0.3, 0.4) is 0 Å². The average molecular weight is 399 g/mol. The Kier molecular flexibility index (Phi) is 5.80. The van der Waals surface area contributed by atoms with Crippen LogP contribution < -0.4 is 10.2 Å². The number of hydrogen-bond donors (Lipinski definition) is 2. The maximum absolute atomic E-state index is 12.6. The number of rotatable bonds is 7. The number of H-pyrrole nitrogens is 1. The second-order valence-electron chi connectivity index (χ2n) is 7.46. The van der Waals surface area contributed by atoms with E-state index in [4.69, 9.17) is 4.42 Å². The van der Waals surface area contributed by atoms with E-state index in [1.165, 1.54) is 11.6 Å². The molecule has 1 aromatic carbocycles. The fourth-order valence-corrected chi connectivity index (χ4v) is 3.77. The van der Waals surface area contributed by atoms with Gasteiger partial charge in [-0.15, -0.1) is 0 Å². The number of alkyl halides is 1. The van der Waals surface area contributed by atoms with Crippen molar-refractivity contribution in [2.75, 3.05) is 44.3 Å². The van der Waals surface area contributed by atoms with Crippen LogP contribution in [0.15, 0.2) is 41.1 Å². The van der Waals surface area contributed by atoms with E-state index in [1.54, 1.807) is 0 Å².